The molecule has 1 unspecified atom stereocenters. The van der Waals surface area contributed by atoms with E-state index in [1.54, 1.807) is 6.07 Å². The van der Waals surface area contributed by atoms with Gasteiger partial charge in [-0.25, -0.2) is 0 Å². The average molecular weight is 223 g/mol. The summed E-state index contributed by atoms with van der Waals surface area (Å²) in [5, 5.41) is 30.9. The lowest BCUT2D eigenvalue weighted by molar-refractivity contribution is 0.162. The summed E-state index contributed by atoms with van der Waals surface area (Å²) >= 11 is 0. The van der Waals surface area contributed by atoms with Crippen LogP contribution in [0.3, 0.4) is 0 Å². The zero-order valence-electron chi connectivity index (χ0n) is 9.06. The van der Waals surface area contributed by atoms with Gasteiger partial charge in [0.25, 0.3) is 0 Å². The molecule has 4 heteroatoms. The standard InChI is InChI=1S/C12H17NO3/c14-6-8(7-15)13-11-5-4-10-9(11)2-1-3-12(10)16/h1-3,8,11,13-16H,4-7H2. The van der Waals surface area contributed by atoms with Crippen LogP contribution in [0.1, 0.15) is 23.6 Å². The number of aliphatic hydroxyl groups is 2. The summed E-state index contributed by atoms with van der Waals surface area (Å²) in [4.78, 5) is 0. The van der Waals surface area contributed by atoms with Crippen LogP contribution in [0.4, 0.5) is 0 Å². The van der Waals surface area contributed by atoms with Crippen LogP contribution in [0.15, 0.2) is 18.2 Å². The predicted molar refractivity (Wildman–Crippen MR) is 60.3 cm³/mol. The van der Waals surface area contributed by atoms with Crippen molar-refractivity contribution in [3.8, 4) is 5.75 Å². The number of phenols is 1. The van der Waals surface area contributed by atoms with Crippen LogP contribution in [-0.2, 0) is 6.42 Å². The van der Waals surface area contributed by atoms with Gasteiger partial charge in [0, 0.05) is 6.04 Å². The molecule has 88 valence electrons. The molecule has 1 aliphatic carbocycles. The van der Waals surface area contributed by atoms with Gasteiger partial charge >= 0.3 is 0 Å². The number of nitrogens with one attached hydrogen (secondary N) is 1. The van der Waals surface area contributed by atoms with Crippen LogP contribution >= 0.6 is 0 Å². The highest BCUT2D eigenvalue weighted by Crippen LogP contribution is 2.36. The van der Waals surface area contributed by atoms with E-state index in [2.05, 4.69) is 5.32 Å². The lowest BCUT2D eigenvalue weighted by atomic mass is 10.1. The number of hydrogen-bond acceptors (Lipinski definition) is 4. The number of benzene rings is 1. The molecule has 0 amide bonds. The van der Waals surface area contributed by atoms with E-state index in [-0.39, 0.29) is 25.3 Å². The molecule has 4 nitrogen and oxygen atoms in total. The third-order valence-electron chi connectivity index (χ3n) is 3.12. The van der Waals surface area contributed by atoms with E-state index in [4.69, 9.17) is 10.2 Å². The molecule has 0 spiro atoms. The number of hydrogen-bond donors (Lipinski definition) is 4. The van der Waals surface area contributed by atoms with Gasteiger partial charge in [0.1, 0.15) is 5.75 Å². The molecular weight excluding hydrogens is 206 g/mol. The minimum absolute atomic E-state index is 0.0822. The number of fused-ring (bicyclic) bond motifs is 1. The first-order valence-electron chi connectivity index (χ1n) is 5.54. The van der Waals surface area contributed by atoms with E-state index in [0.717, 1.165) is 24.0 Å². The van der Waals surface area contributed by atoms with Gasteiger partial charge in [-0.15, -0.1) is 0 Å². The zero-order valence-corrected chi connectivity index (χ0v) is 9.06. The summed E-state index contributed by atoms with van der Waals surface area (Å²) in [5.74, 6) is 0.339. The van der Waals surface area contributed by atoms with Crippen molar-refractivity contribution < 1.29 is 15.3 Å². The van der Waals surface area contributed by atoms with Gasteiger partial charge in [-0.2, -0.15) is 0 Å². The van der Waals surface area contributed by atoms with E-state index in [1.807, 2.05) is 12.1 Å². The molecule has 0 saturated carbocycles. The van der Waals surface area contributed by atoms with Crippen LogP contribution in [0.5, 0.6) is 5.75 Å². The Morgan fingerprint density at radius 2 is 2.06 bits per heavy atom. The van der Waals surface area contributed by atoms with Gasteiger partial charge < -0.3 is 20.6 Å². The molecule has 0 bridgehead atoms. The van der Waals surface area contributed by atoms with Gasteiger partial charge in [-0.3, -0.25) is 0 Å². The van der Waals surface area contributed by atoms with E-state index < -0.39 is 0 Å². The highest BCUT2D eigenvalue weighted by atomic mass is 16.3. The summed E-state index contributed by atoms with van der Waals surface area (Å²) in [6, 6.07) is 5.31. The Balaban J connectivity index is 2.14. The number of phenolic OH excluding ortho intramolecular Hbond substituents is 1. The van der Waals surface area contributed by atoms with Crippen molar-refractivity contribution in [2.24, 2.45) is 0 Å². The van der Waals surface area contributed by atoms with E-state index in [1.165, 1.54) is 0 Å². The molecule has 4 N–H and O–H groups in total. The van der Waals surface area contributed by atoms with Crippen molar-refractivity contribution in [1.82, 2.24) is 5.32 Å². The van der Waals surface area contributed by atoms with E-state index in [0.29, 0.717) is 5.75 Å². The van der Waals surface area contributed by atoms with Crippen molar-refractivity contribution in [3.05, 3.63) is 29.3 Å². The smallest absolute Gasteiger partial charge is 0.119 e. The minimum Gasteiger partial charge on any atom is -0.508 e. The van der Waals surface area contributed by atoms with Crippen molar-refractivity contribution in [3.63, 3.8) is 0 Å². The monoisotopic (exact) mass is 223 g/mol. The Morgan fingerprint density at radius 1 is 1.31 bits per heavy atom. The summed E-state index contributed by atoms with van der Waals surface area (Å²) in [6.45, 7) is -0.164. The summed E-state index contributed by atoms with van der Waals surface area (Å²) in [5.41, 5.74) is 2.06. The Morgan fingerprint density at radius 3 is 2.75 bits per heavy atom. The van der Waals surface area contributed by atoms with Crippen molar-refractivity contribution in [2.75, 3.05) is 13.2 Å². The second-order valence-electron chi connectivity index (χ2n) is 4.16. The lowest BCUT2D eigenvalue weighted by Gasteiger charge is -2.20. The van der Waals surface area contributed by atoms with Crippen LogP contribution in [0.25, 0.3) is 0 Å². The molecule has 1 aromatic rings. The van der Waals surface area contributed by atoms with Crippen LogP contribution in [0.2, 0.25) is 0 Å². The molecule has 0 aliphatic heterocycles. The molecule has 16 heavy (non-hydrogen) atoms. The molecule has 1 aliphatic rings. The average Bonchev–Trinajstić information content (AvgIpc) is 2.71. The van der Waals surface area contributed by atoms with Crippen LogP contribution < -0.4 is 5.32 Å². The zero-order chi connectivity index (χ0) is 11.5. The molecule has 2 rings (SSSR count). The fraction of sp³-hybridized carbons (Fsp3) is 0.500. The molecule has 1 aromatic carbocycles. The molecule has 0 fully saturated rings. The Hall–Kier alpha value is -1.10. The summed E-state index contributed by atoms with van der Waals surface area (Å²) in [7, 11) is 0. The van der Waals surface area contributed by atoms with Crippen molar-refractivity contribution >= 4 is 0 Å². The van der Waals surface area contributed by atoms with Gasteiger partial charge in [-0.05, 0) is 30.0 Å². The molecule has 1 atom stereocenters. The maximum atomic E-state index is 9.67. The third-order valence-corrected chi connectivity index (χ3v) is 3.12. The van der Waals surface area contributed by atoms with Crippen molar-refractivity contribution in [1.29, 1.82) is 0 Å². The Bertz CT molecular complexity index is 363. The van der Waals surface area contributed by atoms with E-state index >= 15 is 0 Å². The Kier molecular flexibility index (Phi) is 3.43. The first kappa shape index (κ1) is 11.4. The highest BCUT2D eigenvalue weighted by molar-refractivity contribution is 5.44. The maximum Gasteiger partial charge on any atom is 0.119 e. The predicted octanol–water partition coefficient (Wildman–Crippen LogP) is 0.322. The highest BCUT2D eigenvalue weighted by Gasteiger charge is 2.25. The first-order valence-corrected chi connectivity index (χ1v) is 5.54. The Labute approximate surface area is 94.5 Å². The van der Waals surface area contributed by atoms with Gasteiger partial charge in [0.05, 0.1) is 19.3 Å². The van der Waals surface area contributed by atoms with Crippen LogP contribution in [0, 0.1) is 0 Å². The maximum absolute atomic E-state index is 9.67. The number of aromatic hydroxyl groups is 1. The molecule has 0 heterocycles. The fourth-order valence-corrected chi connectivity index (χ4v) is 2.26. The topological polar surface area (TPSA) is 72.7 Å². The van der Waals surface area contributed by atoms with E-state index in [9.17, 15) is 5.11 Å². The minimum atomic E-state index is -0.293. The SMILES string of the molecule is OCC(CO)NC1CCc2c(O)cccc21. The molecule has 0 saturated heterocycles. The third kappa shape index (κ3) is 2.04. The first-order chi connectivity index (χ1) is 7.76. The van der Waals surface area contributed by atoms with Gasteiger partial charge in [-0.1, -0.05) is 12.1 Å². The molecule has 0 radical (unpaired) electrons. The fourth-order valence-electron chi connectivity index (χ4n) is 2.26. The second kappa shape index (κ2) is 4.82. The normalized spacial score (nSPS) is 19.1. The van der Waals surface area contributed by atoms with Crippen molar-refractivity contribution in [2.45, 2.75) is 24.9 Å². The second-order valence-corrected chi connectivity index (χ2v) is 4.16. The lowest BCUT2D eigenvalue weighted by Crippen LogP contribution is -2.37. The summed E-state index contributed by atoms with van der Waals surface area (Å²) < 4.78 is 0. The largest absolute Gasteiger partial charge is 0.508 e. The number of rotatable bonds is 4. The van der Waals surface area contributed by atoms with Crippen LogP contribution in [-0.4, -0.2) is 34.6 Å². The quantitative estimate of drug-likeness (QED) is 0.593. The van der Waals surface area contributed by atoms with Gasteiger partial charge in [0.2, 0.25) is 0 Å². The summed E-state index contributed by atoms with van der Waals surface area (Å²) in [6.07, 6.45) is 1.73. The number of aliphatic hydroxyl groups excluding tert-OH is 2. The molecule has 0 aromatic heterocycles. The molecular formula is C12H17NO3. The van der Waals surface area contributed by atoms with Gasteiger partial charge in [0.15, 0.2) is 0 Å².